The lowest BCUT2D eigenvalue weighted by atomic mass is 10.2. The van der Waals surface area contributed by atoms with Gasteiger partial charge in [-0.2, -0.15) is 4.31 Å². The van der Waals surface area contributed by atoms with E-state index in [0.29, 0.717) is 31.1 Å². The Hall–Kier alpha value is -2.37. The lowest BCUT2D eigenvalue weighted by Crippen LogP contribution is -2.53. The molecule has 1 unspecified atom stereocenters. The molecule has 0 aromatic heterocycles. The topological polar surface area (TPSA) is 99.7 Å². The zero-order chi connectivity index (χ0) is 23.5. The molecule has 2 aliphatic heterocycles. The molecule has 1 atom stereocenters. The number of rotatable bonds is 7. The second kappa shape index (κ2) is 10.1. The number of sulfonamides is 1. The molecular formula is C21H32N4O6S. The molecule has 10 nitrogen and oxygen atoms in total. The Morgan fingerprint density at radius 2 is 1.69 bits per heavy atom. The molecule has 0 radical (unpaired) electrons. The SMILES string of the molecule is COc1ccc(S(=O)(=O)N2CCN(C(=O)CN3CCCC3C(=O)N(C)C)CC2)cc1OC. The van der Waals surface area contributed by atoms with Crippen molar-refractivity contribution in [1.29, 1.82) is 0 Å². The van der Waals surface area contributed by atoms with E-state index in [4.69, 9.17) is 9.47 Å². The van der Waals surface area contributed by atoms with E-state index in [-0.39, 0.29) is 42.4 Å². The number of piperazine rings is 1. The molecular weight excluding hydrogens is 436 g/mol. The summed E-state index contributed by atoms with van der Waals surface area (Å²) in [5.41, 5.74) is 0. The van der Waals surface area contributed by atoms with Crippen molar-refractivity contribution < 1.29 is 27.5 Å². The lowest BCUT2D eigenvalue weighted by molar-refractivity contribution is -0.137. The van der Waals surface area contributed by atoms with Gasteiger partial charge in [0.05, 0.1) is 31.7 Å². The highest BCUT2D eigenvalue weighted by Gasteiger charge is 2.35. The fourth-order valence-corrected chi connectivity index (χ4v) is 5.61. The number of benzene rings is 1. The first kappa shape index (κ1) is 24.3. The minimum Gasteiger partial charge on any atom is -0.493 e. The van der Waals surface area contributed by atoms with Gasteiger partial charge >= 0.3 is 0 Å². The quantitative estimate of drug-likeness (QED) is 0.559. The predicted molar refractivity (Wildman–Crippen MR) is 118 cm³/mol. The van der Waals surface area contributed by atoms with Crippen LogP contribution in [-0.4, -0.2) is 113 Å². The first-order chi connectivity index (χ1) is 15.2. The Labute approximate surface area is 189 Å². The van der Waals surface area contributed by atoms with Crippen molar-refractivity contribution in [2.75, 3.05) is 67.6 Å². The van der Waals surface area contributed by atoms with Crippen molar-refractivity contribution in [3.8, 4) is 11.5 Å². The number of nitrogens with zero attached hydrogens (tertiary/aromatic N) is 4. The van der Waals surface area contributed by atoms with Crippen molar-refractivity contribution in [1.82, 2.24) is 19.0 Å². The number of methoxy groups -OCH3 is 2. The van der Waals surface area contributed by atoms with Gasteiger partial charge in [0.25, 0.3) is 0 Å². The van der Waals surface area contributed by atoms with E-state index in [9.17, 15) is 18.0 Å². The van der Waals surface area contributed by atoms with Crippen LogP contribution in [0.3, 0.4) is 0 Å². The minimum absolute atomic E-state index is 0.0149. The molecule has 3 rings (SSSR count). The second-order valence-electron chi connectivity index (χ2n) is 8.16. The molecule has 1 aromatic carbocycles. The molecule has 0 N–H and O–H groups in total. The van der Waals surface area contributed by atoms with Gasteiger partial charge in [0, 0.05) is 46.3 Å². The largest absolute Gasteiger partial charge is 0.493 e. The third-order valence-electron chi connectivity index (χ3n) is 6.01. The smallest absolute Gasteiger partial charge is 0.243 e. The van der Waals surface area contributed by atoms with Crippen LogP contribution < -0.4 is 9.47 Å². The van der Waals surface area contributed by atoms with Crippen molar-refractivity contribution in [2.24, 2.45) is 0 Å². The molecule has 0 aliphatic carbocycles. The van der Waals surface area contributed by atoms with Crippen LogP contribution in [0.4, 0.5) is 0 Å². The Bertz CT molecular complexity index is 944. The summed E-state index contributed by atoms with van der Waals surface area (Å²) in [7, 11) is 2.66. The number of hydrogen-bond donors (Lipinski definition) is 0. The monoisotopic (exact) mass is 468 g/mol. The van der Waals surface area contributed by atoms with Crippen LogP contribution in [0.25, 0.3) is 0 Å². The van der Waals surface area contributed by atoms with Crippen LogP contribution in [0.5, 0.6) is 11.5 Å². The molecule has 2 saturated heterocycles. The Morgan fingerprint density at radius 3 is 2.28 bits per heavy atom. The van der Waals surface area contributed by atoms with E-state index in [2.05, 4.69) is 0 Å². The van der Waals surface area contributed by atoms with Crippen LogP contribution in [0.15, 0.2) is 23.1 Å². The number of likely N-dealkylation sites (N-methyl/N-ethyl adjacent to an activating group) is 1. The van der Waals surface area contributed by atoms with Crippen LogP contribution in [0.2, 0.25) is 0 Å². The molecule has 0 saturated carbocycles. The van der Waals surface area contributed by atoms with Gasteiger partial charge in [-0.05, 0) is 31.5 Å². The molecule has 178 valence electrons. The third kappa shape index (κ3) is 5.00. The number of likely N-dealkylation sites (tertiary alicyclic amines) is 1. The normalized spacial score (nSPS) is 20.2. The summed E-state index contributed by atoms with van der Waals surface area (Å²) >= 11 is 0. The van der Waals surface area contributed by atoms with Crippen molar-refractivity contribution in [3.05, 3.63) is 18.2 Å². The minimum atomic E-state index is -3.72. The lowest BCUT2D eigenvalue weighted by Gasteiger charge is -2.35. The number of hydrogen-bond acceptors (Lipinski definition) is 7. The summed E-state index contributed by atoms with van der Waals surface area (Å²) in [6.07, 6.45) is 1.64. The fraction of sp³-hybridized carbons (Fsp3) is 0.619. The van der Waals surface area contributed by atoms with E-state index in [1.807, 2.05) is 4.90 Å². The molecule has 1 aromatic rings. The van der Waals surface area contributed by atoms with Gasteiger partial charge in [0.15, 0.2) is 11.5 Å². The summed E-state index contributed by atoms with van der Waals surface area (Å²) in [5.74, 6) is 0.734. The van der Waals surface area contributed by atoms with E-state index < -0.39 is 10.0 Å². The number of ether oxygens (including phenoxy) is 2. The predicted octanol–water partition coefficient (Wildman–Crippen LogP) is 0.0893. The van der Waals surface area contributed by atoms with Crippen molar-refractivity contribution in [3.63, 3.8) is 0 Å². The summed E-state index contributed by atoms with van der Waals surface area (Å²) in [6.45, 7) is 1.93. The summed E-state index contributed by atoms with van der Waals surface area (Å²) in [6, 6.07) is 4.23. The van der Waals surface area contributed by atoms with Gasteiger partial charge in [-0.1, -0.05) is 0 Å². The molecule has 32 heavy (non-hydrogen) atoms. The number of amides is 2. The molecule has 11 heteroatoms. The van der Waals surface area contributed by atoms with E-state index in [1.54, 1.807) is 30.0 Å². The van der Waals surface area contributed by atoms with Gasteiger partial charge in [0.1, 0.15) is 0 Å². The van der Waals surface area contributed by atoms with Crippen LogP contribution in [-0.2, 0) is 19.6 Å². The van der Waals surface area contributed by atoms with Crippen LogP contribution in [0, 0.1) is 0 Å². The van der Waals surface area contributed by atoms with Crippen molar-refractivity contribution in [2.45, 2.75) is 23.8 Å². The maximum Gasteiger partial charge on any atom is 0.243 e. The molecule has 0 spiro atoms. The fourth-order valence-electron chi connectivity index (χ4n) is 4.17. The Kier molecular flexibility index (Phi) is 7.63. The summed E-state index contributed by atoms with van der Waals surface area (Å²) in [5, 5.41) is 0. The molecule has 2 heterocycles. The average molecular weight is 469 g/mol. The highest BCUT2D eigenvalue weighted by Crippen LogP contribution is 2.31. The highest BCUT2D eigenvalue weighted by molar-refractivity contribution is 7.89. The average Bonchev–Trinajstić information content (AvgIpc) is 3.25. The van der Waals surface area contributed by atoms with E-state index in [0.717, 1.165) is 12.8 Å². The standard InChI is InChI=1S/C21H32N4O6S/c1-22(2)21(27)17-6-5-9-24(17)15-20(26)23-10-12-25(13-11-23)32(28,29)16-7-8-18(30-3)19(14-16)31-4/h7-8,14,17H,5-6,9-13,15H2,1-4H3. The molecule has 2 aliphatic rings. The number of carbonyl (C=O) groups excluding carboxylic acids is 2. The highest BCUT2D eigenvalue weighted by atomic mass is 32.2. The van der Waals surface area contributed by atoms with Gasteiger partial charge in [-0.25, -0.2) is 8.42 Å². The van der Waals surface area contributed by atoms with E-state index in [1.165, 1.54) is 30.7 Å². The molecule has 2 amide bonds. The Balaban J connectivity index is 1.61. The maximum absolute atomic E-state index is 13.1. The maximum atomic E-state index is 13.1. The zero-order valence-electron chi connectivity index (χ0n) is 19.1. The van der Waals surface area contributed by atoms with Gasteiger partial charge < -0.3 is 19.3 Å². The van der Waals surface area contributed by atoms with Gasteiger partial charge in [-0.15, -0.1) is 0 Å². The van der Waals surface area contributed by atoms with Crippen LogP contribution >= 0.6 is 0 Å². The van der Waals surface area contributed by atoms with Gasteiger partial charge in [0.2, 0.25) is 21.8 Å². The summed E-state index contributed by atoms with van der Waals surface area (Å²) < 4.78 is 37.9. The van der Waals surface area contributed by atoms with Crippen LogP contribution in [0.1, 0.15) is 12.8 Å². The summed E-state index contributed by atoms with van der Waals surface area (Å²) in [4.78, 5) is 30.5. The second-order valence-corrected chi connectivity index (χ2v) is 10.1. The first-order valence-electron chi connectivity index (χ1n) is 10.6. The Morgan fingerprint density at radius 1 is 1.03 bits per heavy atom. The molecule has 0 bridgehead atoms. The first-order valence-corrected chi connectivity index (χ1v) is 12.1. The molecule has 2 fully saturated rings. The van der Waals surface area contributed by atoms with Gasteiger partial charge in [-0.3, -0.25) is 14.5 Å². The van der Waals surface area contributed by atoms with Crippen molar-refractivity contribution >= 4 is 21.8 Å². The van der Waals surface area contributed by atoms with E-state index >= 15 is 0 Å². The third-order valence-corrected chi connectivity index (χ3v) is 7.91. The number of carbonyl (C=O) groups is 2. The zero-order valence-corrected chi connectivity index (χ0v) is 19.9.